The van der Waals surface area contributed by atoms with Gasteiger partial charge in [-0.1, -0.05) is 6.08 Å². The summed E-state index contributed by atoms with van der Waals surface area (Å²) in [5, 5.41) is 16.0. The zero-order valence-corrected chi connectivity index (χ0v) is 5.48. The Kier molecular flexibility index (Phi) is 3.58. The van der Waals surface area contributed by atoms with Gasteiger partial charge in [-0.3, -0.25) is 4.79 Å². The number of Topliss-reactive ketones (excluding diaryl/α,β-unsaturated/α-hetero) is 1. The lowest BCUT2D eigenvalue weighted by Gasteiger charge is -1.84. The number of aliphatic carboxylic acids is 2. The van der Waals surface area contributed by atoms with E-state index in [9.17, 15) is 14.4 Å². The molecule has 0 aromatic rings. The second-order valence-corrected chi connectivity index (χ2v) is 1.67. The van der Waals surface area contributed by atoms with Crippen molar-refractivity contribution in [1.29, 1.82) is 0 Å². The standard InChI is InChI=1S/C6H6O5/c7-4(6(10)11)2-1-3-5(8)9/h1,3H,2H2,(H,8,9)(H,10,11)/b3-1+. The third kappa shape index (κ3) is 4.83. The topological polar surface area (TPSA) is 91.7 Å². The molecule has 5 heteroatoms. The van der Waals surface area contributed by atoms with E-state index in [0.717, 1.165) is 12.2 Å². The lowest BCUT2D eigenvalue weighted by Crippen LogP contribution is -2.10. The van der Waals surface area contributed by atoms with Gasteiger partial charge in [0.1, 0.15) is 0 Å². The monoisotopic (exact) mass is 158 g/mol. The molecule has 60 valence electrons. The summed E-state index contributed by atoms with van der Waals surface area (Å²) in [6, 6.07) is 0. The van der Waals surface area contributed by atoms with Crippen molar-refractivity contribution in [3.63, 3.8) is 0 Å². The van der Waals surface area contributed by atoms with Crippen molar-refractivity contribution in [3.8, 4) is 0 Å². The number of allylic oxidation sites excluding steroid dienone is 1. The maximum Gasteiger partial charge on any atom is 0.372 e. The third-order valence-electron chi connectivity index (χ3n) is 0.802. The number of hydrogen-bond donors (Lipinski definition) is 2. The Balaban J connectivity index is 3.80. The lowest BCUT2D eigenvalue weighted by atomic mass is 10.3. The summed E-state index contributed by atoms with van der Waals surface area (Å²) < 4.78 is 0. The van der Waals surface area contributed by atoms with E-state index in [4.69, 9.17) is 10.2 Å². The van der Waals surface area contributed by atoms with E-state index in [-0.39, 0.29) is 6.42 Å². The van der Waals surface area contributed by atoms with E-state index in [1.807, 2.05) is 0 Å². The number of ketones is 1. The van der Waals surface area contributed by atoms with Gasteiger partial charge in [0, 0.05) is 12.5 Å². The molecule has 0 amide bonds. The smallest absolute Gasteiger partial charge is 0.372 e. The van der Waals surface area contributed by atoms with Gasteiger partial charge in [-0.05, 0) is 0 Å². The SMILES string of the molecule is O=C(O)/C=C/CC(=O)C(=O)O. The van der Waals surface area contributed by atoms with Crippen LogP contribution in [0.1, 0.15) is 6.42 Å². The van der Waals surface area contributed by atoms with Crippen LogP contribution in [0.4, 0.5) is 0 Å². The summed E-state index contributed by atoms with van der Waals surface area (Å²) in [5.74, 6) is -3.79. The molecule has 0 radical (unpaired) electrons. The molecule has 0 aliphatic rings. The molecule has 0 rings (SSSR count). The highest BCUT2D eigenvalue weighted by Crippen LogP contribution is 1.85. The van der Waals surface area contributed by atoms with Gasteiger partial charge in [0.2, 0.25) is 5.78 Å². The first-order valence-electron chi connectivity index (χ1n) is 2.69. The summed E-state index contributed by atoms with van der Waals surface area (Å²) in [5.41, 5.74) is 0. The minimum Gasteiger partial charge on any atom is -0.478 e. The molecule has 0 fully saturated rings. The number of rotatable bonds is 4. The molecule has 0 heterocycles. The van der Waals surface area contributed by atoms with Crippen LogP contribution < -0.4 is 0 Å². The Labute approximate surface area is 61.9 Å². The van der Waals surface area contributed by atoms with Crippen LogP contribution in [0, 0.1) is 0 Å². The average Bonchev–Trinajstić information content (AvgIpc) is 1.86. The first-order valence-corrected chi connectivity index (χ1v) is 2.69. The van der Waals surface area contributed by atoms with E-state index < -0.39 is 17.7 Å². The summed E-state index contributed by atoms with van der Waals surface area (Å²) in [7, 11) is 0. The normalized spacial score (nSPS) is 9.82. The summed E-state index contributed by atoms with van der Waals surface area (Å²) >= 11 is 0. The van der Waals surface area contributed by atoms with Crippen LogP contribution in [0.3, 0.4) is 0 Å². The number of carbonyl (C=O) groups is 3. The summed E-state index contributed by atoms with van der Waals surface area (Å²) in [6.07, 6.45) is 1.32. The molecule has 0 bridgehead atoms. The van der Waals surface area contributed by atoms with Crippen LogP contribution in [0.2, 0.25) is 0 Å². The van der Waals surface area contributed by atoms with Gasteiger partial charge in [0.25, 0.3) is 0 Å². The molecular formula is C6H6O5. The van der Waals surface area contributed by atoms with E-state index in [1.54, 1.807) is 0 Å². The minimum absolute atomic E-state index is 0.387. The Bertz CT molecular complexity index is 215. The second-order valence-electron chi connectivity index (χ2n) is 1.67. The Morgan fingerprint density at radius 1 is 1.18 bits per heavy atom. The fourth-order valence-electron chi connectivity index (χ4n) is 0.354. The number of hydrogen-bond acceptors (Lipinski definition) is 3. The molecule has 11 heavy (non-hydrogen) atoms. The molecule has 0 saturated heterocycles. The minimum atomic E-state index is -1.56. The maximum absolute atomic E-state index is 10.3. The Morgan fingerprint density at radius 3 is 2.09 bits per heavy atom. The second kappa shape index (κ2) is 4.21. The van der Waals surface area contributed by atoms with Gasteiger partial charge in [-0.2, -0.15) is 0 Å². The number of carboxylic acids is 2. The highest BCUT2D eigenvalue weighted by Gasteiger charge is 2.07. The van der Waals surface area contributed by atoms with E-state index >= 15 is 0 Å². The van der Waals surface area contributed by atoms with Crippen LogP contribution in [-0.2, 0) is 14.4 Å². The molecule has 0 saturated carbocycles. The van der Waals surface area contributed by atoms with Gasteiger partial charge in [-0.15, -0.1) is 0 Å². The van der Waals surface area contributed by atoms with Gasteiger partial charge in [-0.25, -0.2) is 9.59 Å². The highest BCUT2D eigenvalue weighted by molar-refractivity contribution is 6.33. The van der Waals surface area contributed by atoms with E-state index in [1.165, 1.54) is 0 Å². The third-order valence-corrected chi connectivity index (χ3v) is 0.802. The Hall–Kier alpha value is -1.65. The molecule has 0 unspecified atom stereocenters. The summed E-state index contributed by atoms with van der Waals surface area (Å²) in [4.78, 5) is 29.9. The molecule has 0 atom stereocenters. The number of carboxylic acid groups (broad SMARTS) is 2. The largest absolute Gasteiger partial charge is 0.478 e. The van der Waals surface area contributed by atoms with Crippen LogP contribution in [0.5, 0.6) is 0 Å². The van der Waals surface area contributed by atoms with Crippen LogP contribution >= 0.6 is 0 Å². The van der Waals surface area contributed by atoms with Crippen LogP contribution in [0.25, 0.3) is 0 Å². The van der Waals surface area contributed by atoms with Crippen molar-refractivity contribution < 1.29 is 24.6 Å². The zero-order chi connectivity index (χ0) is 8.85. The van der Waals surface area contributed by atoms with Crippen LogP contribution in [0.15, 0.2) is 12.2 Å². The first kappa shape index (κ1) is 9.35. The van der Waals surface area contributed by atoms with Gasteiger partial charge >= 0.3 is 11.9 Å². The molecule has 5 nitrogen and oxygen atoms in total. The van der Waals surface area contributed by atoms with Crippen molar-refractivity contribution in [1.82, 2.24) is 0 Å². The highest BCUT2D eigenvalue weighted by atomic mass is 16.4. The van der Waals surface area contributed by atoms with Gasteiger partial charge in [0.05, 0.1) is 0 Å². The predicted molar refractivity (Wildman–Crippen MR) is 34.0 cm³/mol. The first-order chi connectivity index (χ1) is 5.04. The molecule has 0 aromatic carbocycles. The number of carbonyl (C=O) groups excluding carboxylic acids is 1. The van der Waals surface area contributed by atoms with Crippen LogP contribution in [-0.4, -0.2) is 27.9 Å². The molecule has 2 N–H and O–H groups in total. The fraction of sp³-hybridized carbons (Fsp3) is 0.167. The molecule has 0 aliphatic carbocycles. The van der Waals surface area contributed by atoms with Crippen molar-refractivity contribution in [2.45, 2.75) is 6.42 Å². The van der Waals surface area contributed by atoms with E-state index in [2.05, 4.69) is 0 Å². The molecule has 0 aliphatic heterocycles. The van der Waals surface area contributed by atoms with Gasteiger partial charge < -0.3 is 10.2 Å². The lowest BCUT2D eigenvalue weighted by molar-refractivity contribution is -0.148. The zero-order valence-electron chi connectivity index (χ0n) is 5.48. The van der Waals surface area contributed by atoms with Gasteiger partial charge in [0.15, 0.2) is 0 Å². The quantitative estimate of drug-likeness (QED) is 0.431. The van der Waals surface area contributed by atoms with Crippen molar-refractivity contribution in [2.24, 2.45) is 0 Å². The summed E-state index contributed by atoms with van der Waals surface area (Å²) in [6.45, 7) is 0. The molecular weight excluding hydrogens is 152 g/mol. The molecule has 0 spiro atoms. The van der Waals surface area contributed by atoms with Crippen molar-refractivity contribution in [3.05, 3.63) is 12.2 Å². The fourth-order valence-corrected chi connectivity index (χ4v) is 0.354. The Morgan fingerprint density at radius 2 is 1.73 bits per heavy atom. The maximum atomic E-state index is 10.3. The van der Waals surface area contributed by atoms with E-state index in [0.29, 0.717) is 0 Å². The van der Waals surface area contributed by atoms with Crippen molar-refractivity contribution >= 4 is 17.7 Å². The predicted octanol–water partition coefficient (Wildman–Crippen LogP) is -0.329. The van der Waals surface area contributed by atoms with Crippen molar-refractivity contribution in [2.75, 3.05) is 0 Å². The average molecular weight is 158 g/mol. The molecule has 0 aromatic heterocycles.